The van der Waals surface area contributed by atoms with Gasteiger partial charge in [0.25, 0.3) is 0 Å². The van der Waals surface area contributed by atoms with Crippen molar-refractivity contribution in [1.82, 2.24) is 10.2 Å². The third-order valence-electron chi connectivity index (χ3n) is 4.69. The molecule has 1 aromatic heterocycles. The zero-order chi connectivity index (χ0) is 20.7. The summed E-state index contributed by atoms with van der Waals surface area (Å²) in [4.78, 5) is 11.2. The summed E-state index contributed by atoms with van der Waals surface area (Å²) in [7, 11) is 0. The number of nitrogens with zero attached hydrogens (tertiary/aromatic N) is 2. The Morgan fingerprint density at radius 2 is 1.36 bits per heavy atom. The summed E-state index contributed by atoms with van der Waals surface area (Å²) in [5.41, 5.74) is 3.99. The van der Waals surface area contributed by atoms with Crippen LogP contribution in [0, 0.1) is 0 Å². The number of carboxylic acid groups (broad SMARTS) is 1. The van der Waals surface area contributed by atoms with Crippen LogP contribution in [0.2, 0.25) is 0 Å². The van der Waals surface area contributed by atoms with Gasteiger partial charge in [0.2, 0.25) is 11.8 Å². The summed E-state index contributed by atoms with van der Waals surface area (Å²) in [6.07, 6.45) is 0. The molecule has 2 aromatic carbocycles. The average Bonchev–Trinajstić information content (AvgIpc) is 3.10. The van der Waals surface area contributed by atoms with E-state index in [0.29, 0.717) is 17.3 Å². The number of aromatic nitrogens is 2. The summed E-state index contributed by atoms with van der Waals surface area (Å²) < 4.78 is 5.91. The summed E-state index contributed by atoms with van der Waals surface area (Å²) in [6, 6.07) is 12.9. The number of carboxylic acids is 1. The molecule has 0 radical (unpaired) electrons. The van der Waals surface area contributed by atoms with E-state index < -0.39 is 5.97 Å². The first-order valence-electron chi connectivity index (χ1n) is 9.29. The summed E-state index contributed by atoms with van der Waals surface area (Å²) in [5.74, 6) is -0.266. The first-order chi connectivity index (χ1) is 12.9. The molecule has 0 fully saturated rings. The fourth-order valence-electron chi connectivity index (χ4n) is 2.86. The smallest absolute Gasteiger partial charge is 0.335 e. The SMILES string of the molecule is CC(C)(C)c1cc(-c2nnc(-c3cccc(C(=O)O)c3)o2)cc(C(C)(C)C)c1. The molecule has 0 saturated heterocycles. The fraction of sp³-hybridized carbons (Fsp3) is 0.348. The van der Waals surface area contributed by atoms with Gasteiger partial charge in [-0.25, -0.2) is 4.79 Å². The maximum Gasteiger partial charge on any atom is 0.335 e. The molecule has 0 atom stereocenters. The second-order valence-electron chi connectivity index (χ2n) is 9.10. The maximum atomic E-state index is 11.2. The largest absolute Gasteiger partial charge is 0.478 e. The van der Waals surface area contributed by atoms with Crippen LogP contribution in [0.1, 0.15) is 63.0 Å². The minimum Gasteiger partial charge on any atom is -0.478 e. The van der Waals surface area contributed by atoms with Gasteiger partial charge in [-0.05, 0) is 52.3 Å². The zero-order valence-electron chi connectivity index (χ0n) is 17.2. The average molecular weight is 378 g/mol. The first-order valence-corrected chi connectivity index (χ1v) is 9.29. The Bertz CT molecular complexity index is 989. The molecule has 0 aliphatic rings. The highest BCUT2D eigenvalue weighted by Gasteiger charge is 2.22. The topological polar surface area (TPSA) is 76.2 Å². The van der Waals surface area contributed by atoms with Crippen LogP contribution >= 0.6 is 0 Å². The highest BCUT2D eigenvalue weighted by atomic mass is 16.4. The summed E-state index contributed by atoms with van der Waals surface area (Å²) >= 11 is 0. The number of hydrogen-bond donors (Lipinski definition) is 1. The van der Waals surface area contributed by atoms with Gasteiger partial charge in [-0.2, -0.15) is 0 Å². The third kappa shape index (κ3) is 4.14. The van der Waals surface area contributed by atoms with Gasteiger partial charge in [-0.3, -0.25) is 0 Å². The molecule has 28 heavy (non-hydrogen) atoms. The highest BCUT2D eigenvalue weighted by Crippen LogP contribution is 2.34. The van der Waals surface area contributed by atoms with E-state index >= 15 is 0 Å². The molecule has 0 bridgehead atoms. The Balaban J connectivity index is 2.08. The van der Waals surface area contributed by atoms with Crippen LogP contribution in [0.3, 0.4) is 0 Å². The lowest BCUT2D eigenvalue weighted by Crippen LogP contribution is -2.16. The van der Waals surface area contributed by atoms with Gasteiger partial charge in [0, 0.05) is 11.1 Å². The second kappa shape index (κ2) is 6.89. The lowest BCUT2D eigenvalue weighted by molar-refractivity contribution is 0.0697. The number of carbonyl (C=O) groups is 1. The van der Waals surface area contributed by atoms with Gasteiger partial charge >= 0.3 is 5.97 Å². The number of benzene rings is 2. The minimum atomic E-state index is -0.991. The lowest BCUT2D eigenvalue weighted by atomic mass is 9.79. The predicted molar refractivity (Wildman–Crippen MR) is 110 cm³/mol. The Morgan fingerprint density at radius 1 is 0.821 bits per heavy atom. The van der Waals surface area contributed by atoms with Crippen molar-refractivity contribution in [2.75, 3.05) is 0 Å². The molecule has 1 heterocycles. The molecule has 3 aromatic rings. The van der Waals surface area contributed by atoms with Crippen molar-refractivity contribution >= 4 is 5.97 Å². The van der Waals surface area contributed by atoms with Crippen LogP contribution in [0.5, 0.6) is 0 Å². The van der Waals surface area contributed by atoms with E-state index in [-0.39, 0.29) is 16.4 Å². The van der Waals surface area contributed by atoms with Crippen molar-refractivity contribution in [3.05, 3.63) is 59.2 Å². The van der Waals surface area contributed by atoms with Crippen LogP contribution in [-0.4, -0.2) is 21.3 Å². The monoisotopic (exact) mass is 378 g/mol. The van der Waals surface area contributed by atoms with Gasteiger partial charge in [-0.15, -0.1) is 10.2 Å². The highest BCUT2D eigenvalue weighted by molar-refractivity contribution is 5.89. The predicted octanol–water partition coefficient (Wildman–Crippen LogP) is 5.70. The zero-order valence-corrected chi connectivity index (χ0v) is 17.2. The quantitative estimate of drug-likeness (QED) is 0.633. The molecular weight excluding hydrogens is 352 g/mol. The molecule has 0 aliphatic heterocycles. The Kier molecular flexibility index (Phi) is 4.88. The molecule has 0 saturated carbocycles. The van der Waals surface area contributed by atoms with Crippen molar-refractivity contribution in [2.45, 2.75) is 52.4 Å². The Hall–Kier alpha value is -2.95. The van der Waals surface area contributed by atoms with E-state index in [1.807, 2.05) is 0 Å². The van der Waals surface area contributed by atoms with Gasteiger partial charge in [0.15, 0.2) is 0 Å². The van der Waals surface area contributed by atoms with Crippen molar-refractivity contribution in [3.63, 3.8) is 0 Å². The van der Waals surface area contributed by atoms with E-state index in [0.717, 1.165) is 5.56 Å². The second-order valence-corrected chi connectivity index (χ2v) is 9.10. The first kappa shape index (κ1) is 19.8. The summed E-state index contributed by atoms with van der Waals surface area (Å²) in [5, 5.41) is 17.5. The van der Waals surface area contributed by atoms with Gasteiger partial charge < -0.3 is 9.52 Å². The maximum absolute atomic E-state index is 11.2. The van der Waals surface area contributed by atoms with Crippen molar-refractivity contribution < 1.29 is 14.3 Å². The molecule has 0 spiro atoms. The molecule has 5 heteroatoms. The lowest BCUT2D eigenvalue weighted by Gasteiger charge is -2.25. The van der Waals surface area contributed by atoms with E-state index in [2.05, 4.69) is 69.9 Å². The standard InChI is InChI=1S/C23H26N2O3/c1-22(2,3)17-11-16(12-18(13-17)23(4,5)6)20-25-24-19(28-20)14-8-7-9-15(10-14)21(26)27/h7-13H,1-6H3,(H,26,27). The molecule has 3 rings (SSSR count). The van der Waals surface area contributed by atoms with Crippen LogP contribution in [0.25, 0.3) is 22.9 Å². The molecule has 0 aliphatic carbocycles. The van der Waals surface area contributed by atoms with E-state index in [4.69, 9.17) is 4.42 Å². The Morgan fingerprint density at radius 3 is 1.86 bits per heavy atom. The van der Waals surface area contributed by atoms with Gasteiger partial charge in [-0.1, -0.05) is 53.7 Å². The number of hydrogen-bond acceptors (Lipinski definition) is 4. The van der Waals surface area contributed by atoms with Gasteiger partial charge in [0.05, 0.1) is 5.56 Å². The van der Waals surface area contributed by atoms with Crippen molar-refractivity contribution in [3.8, 4) is 22.9 Å². The van der Waals surface area contributed by atoms with Crippen LogP contribution in [0.4, 0.5) is 0 Å². The number of rotatable bonds is 3. The fourth-order valence-corrected chi connectivity index (χ4v) is 2.86. The molecule has 5 nitrogen and oxygen atoms in total. The molecule has 0 amide bonds. The van der Waals surface area contributed by atoms with Crippen LogP contribution < -0.4 is 0 Å². The third-order valence-corrected chi connectivity index (χ3v) is 4.69. The number of aromatic carboxylic acids is 1. The van der Waals surface area contributed by atoms with Crippen molar-refractivity contribution in [1.29, 1.82) is 0 Å². The molecule has 0 unspecified atom stereocenters. The molecule has 1 N–H and O–H groups in total. The molecular formula is C23H26N2O3. The Labute approximate surface area is 165 Å². The van der Waals surface area contributed by atoms with Crippen molar-refractivity contribution in [2.24, 2.45) is 0 Å². The normalized spacial score (nSPS) is 12.2. The van der Waals surface area contributed by atoms with E-state index in [1.54, 1.807) is 12.1 Å². The van der Waals surface area contributed by atoms with Gasteiger partial charge in [0.1, 0.15) is 0 Å². The van der Waals surface area contributed by atoms with E-state index in [9.17, 15) is 9.90 Å². The van der Waals surface area contributed by atoms with Crippen LogP contribution in [-0.2, 0) is 10.8 Å². The van der Waals surface area contributed by atoms with E-state index in [1.165, 1.54) is 23.3 Å². The minimum absolute atomic E-state index is 0.0192. The molecule has 146 valence electrons. The van der Waals surface area contributed by atoms with Crippen LogP contribution in [0.15, 0.2) is 46.9 Å². The summed E-state index contributed by atoms with van der Waals surface area (Å²) in [6.45, 7) is 13.1.